The summed E-state index contributed by atoms with van der Waals surface area (Å²) < 4.78 is 22.3. The zero-order valence-electron chi connectivity index (χ0n) is 18.0. The van der Waals surface area contributed by atoms with E-state index in [-0.39, 0.29) is 48.6 Å². The van der Waals surface area contributed by atoms with Crippen molar-refractivity contribution in [1.82, 2.24) is 0 Å². The average molecular weight is 440 g/mol. The molecule has 0 radical (unpaired) electrons. The highest BCUT2D eigenvalue weighted by molar-refractivity contribution is 6.00. The van der Waals surface area contributed by atoms with E-state index in [1.807, 2.05) is 0 Å². The van der Waals surface area contributed by atoms with E-state index in [2.05, 4.69) is 19.1 Å². The molecule has 0 N–H and O–H groups in total. The SMILES string of the molecule is C#CCCC(=O)OC/C1=C/[C@@H]2OC(=O)C(=C)C2C(OC(=O)C(=C)C)C[C@@]2(C)OC1=CC2=O. The number of rotatable bonds is 6. The third kappa shape index (κ3) is 4.52. The quantitative estimate of drug-likeness (QED) is 0.268. The smallest absolute Gasteiger partial charge is 0.334 e. The lowest BCUT2D eigenvalue weighted by atomic mass is 9.82. The molecule has 0 aromatic carbocycles. The van der Waals surface area contributed by atoms with Gasteiger partial charge in [0.2, 0.25) is 5.78 Å². The van der Waals surface area contributed by atoms with E-state index in [4.69, 9.17) is 25.4 Å². The molecule has 3 heterocycles. The predicted octanol–water partition coefficient (Wildman–Crippen LogP) is 2.10. The summed E-state index contributed by atoms with van der Waals surface area (Å²) in [6.45, 7) is 10.2. The van der Waals surface area contributed by atoms with Crippen molar-refractivity contribution in [3.8, 4) is 12.3 Å². The minimum absolute atomic E-state index is 0.0369. The molecule has 32 heavy (non-hydrogen) atoms. The molecule has 0 aromatic rings. The van der Waals surface area contributed by atoms with E-state index >= 15 is 0 Å². The van der Waals surface area contributed by atoms with Crippen LogP contribution in [0, 0.1) is 18.3 Å². The van der Waals surface area contributed by atoms with Crippen molar-refractivity contribution in [3.63, 3.8) is 0 Å². The van der Waals surface area contributed by atoms with E-state index in [1.165, 1.54) is 19.1 Å². The summed E-state index contributed by atoms with van der Waals surface area (Å²) in [5.74, 6) is -0.382. The molecule has 0 saturated carbocycles. The summed E-state index contributed by atoms with van der Waals surface area (Å²) >= 11 is 0. The van der Waals surface area contributed by atoms with Crippen LogP contribution in [0.25, 0.3) is 0 Å². The second-order valence-corrected chi connectivity index (χ2v) is 8.11. The molecule has 0 aliphatic carbocycles. The number of hydrogen-bond donors (Lipinski definition) is 0. The van der Waals surface area contributed by atoms with Crippen LogP contribution in [0.15, 0.2) is 47.8 Å². The number of fused-ring (bicyclic) bond motifs is 3. The van der Waals surface area contributed by atoms with Gasteiger partial charge in [0.05, 0.1) is 12.3 Å². The lowest BCUT2D eigenvalue weighted by Crippen LogP contribution is -2.42. The Kier molecular flexibility index (Phi) is 6.40. The zero-order valence-corrected chi connectivity index (χ0v) is 18.0. The molecule has 0 amide bonds. The molecule has 1 fully saturated rings. The lowest BCUT2D eigenvalue weighted by Gasteiger charge is -2.31. The van der Waals surface area contributed by atoms with Gasteiger partial charge in [-0.2, -0.15) is 0 Å². The standard InChI is InChI=1S/C24H24O8/c1-6-7-8-20(26)29-12-15-9-17-21(14(4)23(28)30-17)18(31-22(27)13(2)3)11-24(5)19(25)10-16(15)32-24/h1,9-10,17-18,21H,2,4,7-8,11-12H2,3,5H3/b15-9-/t17-,18?,21?,24+/m0/s1. The molecule has 8 heteroatoms. The Morgan fingerprint density at radius 3 is 2.75 bits per heavy atom. The summed E-state index contributed by atoms with van der Waals surface area (Å²) in [7, 11) is 0. The maximum absolute atomic E-state index is 12.8. The van der Waals surface area contributed by atoms with Crippen LogP contribution >= 0.6 is 0 Å². The highest BCUT2D eigenvalue weighted by Crippen LogP contribution is 2.42. The van der Waals surface area contributed by atoms with Crippen molar-refractivity contribution < 1.29 is 38.1 Å². The second kappa shape index (κ2) is 8.87. The van der Waals surface area contributed by atoms with E-state index in [1.54, 1.807) is 6.92 Å². The first kappa shape index (κ1) is 23.1. The van der Waals surface area contributed by atoms with Crippen molar-refractivity contribution in [2.75, 3.05) is 6.61 Å². The maximum atomic E-state index is 12.8. The van der Waals surface area contributed by atoms with Crippen molar-refractivity contribution in [1.29, 1.82) is 0 Å². The van der Waals surface area contributed by atoms with Gasteiger partial charge in [-0.3, -0.25) is 9.59 Å². The van der Waals surface area contributed by atoms with Crippen molar-refractivity contribution in [3.05, 3.63) is 47.8 Å². The highest BCUT2D eigenvalue weighted by Gasteiger charge is 2.52. The molecule has 2 bridgehead atoms. The molecule has 4 atom stereocenters. The molecule has 3 aliphatic rings. The number of esters is 3. The molecular weight excluding hydrogens is 416 g/mol. The molecule has 0 spiro atoms. The van der Waals surface area contributed by atoms with Gasteiger partial charge < -0.3 is 18.9 Å². The number of terminal acetylenes is 1. The Morgan fingerprint density at radius 1 is 1.38 bits per heavy atom. The van der Waals surface area contributed by atoms with E-state index in [9.17, 15) is 19.2 Å². The predicted molar refractivity (Wildman–Crippen MR) is 112 cm³/mol. The van der Waals surface area contributed by atoms with Gasteiger partial charge in [0, 0.05) is 35.6 Å². The van der Waals surface area contributed by atoms with E-state index in [0.717, 1.165) is 0 Å². The molecule has 3 aliphatic heterocycles. The normalized spacial score (nSPS) is 30.2. The average Bonchev–Trinajstić information content (AvgIpc) is 3.18. The third-order valence-corrected chi connectivity index (χ3v) is 5.52. The molecule has 2 unspecified atom stereocenters. The van der Waals surface area contributed by atoms with Crippen LogP contribution in [-0.2, 0) is 38.1 Å². The topological polar surface area (TPSA) is 105 Å². The van der Waals surface area contributed by atoms with Crippen LogP contribution in [0.3, 0.4) is 0 Å². The van der Waals surface area contributed by atoms with Gasteiger partial charge in [-0.05, 0) is 19.9 Å². The number of ketones is 1. The maximum Gasteiger partial charge on any atom is 0.334 e. The van der Waals surface area contributed by atoms with Gasteiger partial charge in [0.1, 0.15) is 24.6 Å². The molecular formula is C24H24O8. The zero-order chi connectivity index (χ0) is 23.6. The Labute approximate surface area is 185 Å². The summed E-state index contributed by atoms with van der Waals surface area (Å²) in [5, 5.41) is 0. The first-order valence-corrected chi connectivity index (χ1v) is 10.1. The molecule has 3 rings (SSSR count). The summed E-state index contributed by atoms with van der Waals surface area (Å²) in [4.78, 5) is 49.3. The van der Waals surface area contributed by atoms with Crippen LogP contribution in [0.1, 0.15) is 33.1 Å². The molecule has 168 valence electrons. The van der Waals surface area contributed by atoms with Gasteiger partial charge in [-0.25, -0.2) is 9.59 Å². The van der Waals surface area contributed by atoms with Crippen LogP contribution < -0.4 is 0 Å². The van der Waals surface area contributed by atoms with Crippen LogP contribution in [0.5, 0.6) is 0 Å². The van der Waals surface area contributed by atoms with Crippen molar-refractivity contribution in [2.45, 2.75) is 50.9 Å². The number of carbonyl (C=O) groups excluding carboxylic acids is 4. The fraction of sp³-hybridized carbons (Fsp3) is 0.417. The van der Waals surface area contributed by atoms with Crippen LogP contribution in [0.2, 0.25) is 0 Å². The van der Waals surface area contributed by atoms with Crippen LogP contribution in [-0.4, -0.2) is 48.1 Å². The number of hydrogen-bond acceptors (Lipinski definition) is 8. The Balaban J connectivity index is 1.98. The monoisotopic (exact) mass is 440 g/mol. The van der Waals surface area contributed by atoms with E-state index < -0.39 is 41.6 Å². The third-order valence-electron chi connectivity index (χ3n) is 5.52. The van der Waals surface area contributed by atoms with E-state index in [0.29, 0.717) is 5.57 Å². The molecule has 0 aromatic heterocycles. The minimum atomic E-state index is -1.36. The van der Waals surface area contributed by atoms with Gasteiger partial charge in [-0.15, -0.1) is 12.3 Å². The van der Waals surface area contributed by atoms with Gasteiger partial charge in [-0.1, -0.05) is 13.2 Å². The Morgan fingerprint density at radius 2 is 2.09 bits per heavy atom. The fourth-order valence-corrected chi connectivity index (χ4v) is 3.74. The van der Waals surface area contributed by atoms with Gasteiger partial charge >= 0.3 is 17.9 Å². The second-order valence-electron chi connectivity index (χ2n) is 8.11. The van der Waals surface area contributed by atoms with Gasteiger partial charge in [0.15, 0.2) is 5.60 Å². The summed E-state index contributed by atoms with van der Waals surface area (Å²) in [5.41, 5.74) is -0.739. The molecule has 1 saturated heterocycles. The lowest BCUT2D eigenvalue weighted by molar-refractivity contribution is -0.153. The van der Waals surface area contributed by atoms with Crippen LogP contribution in [0.4, 0.5) is 0 Å². The summed E-state index contributed by atoms with van der Waals surface area (Å²) in [6, 6.07) is 0. The summed E-state index contributed by atoms with van der Waals surface area (Å²) in [6.07, 6.45) is 6.42. The number of carbonyl (C=O) groups is 4. The largest absolute Gasteiger partial charge is 0.479 e. The van der Waals surface area contributed by atoms with Gasteiger partial charge in [0.25, 0.3) is 0 Å². The Bertz CT molecular complexity index is 1010. The van der Waals surface area contributed by atoms with Crippen molar-refractivity contribution >= 4 is 23.7 Å². The highest BCUT2D eigenvalue weighted by atomic mass is 16.6. The Hall–Kier alpha value is -3.60. The van der Waals surface area contributed by atoms with Crippen molar-refractivity contribution in [2.24, 2.45) is 5.92 Å². The first-order valence-electron chi connectivity index (χ1n) is 10.1. The fourth-order valence-electron chi connectivity index (χ4n) is 3.74. The number of ether oxygens (including phenoxy) is 4. The minimum Gasteiger partial charge on any atom is -0.479 e. The molecule has 8 nitrogen and oxygen atoms in total. The first-order chi connectivity index (χ1) is 15.1.